The van der Waals surface area contributed by atoms with Gasteiger partial charge in [0, 0.05) is 20.1 Å². The molecular formula is C8H11ClN6O. The molecule has 1 aromatic heterocycles. The molecule has 1 amide bonds. The minimum atomic E-state index is -0.0474. The van der Waals surface area contributed by atoms with Crippen molar-refractivity contribution in [2.45, 2.75) is 0 Å². The third kappa shape index (κ3) is 2.30. The molecule has 1 aromatic rings. The predicted octanol–water partition coefficient (Wildman–Crippen LogP) is -0.497. The lowest BCUT2D eigenvalue weighted by Gasteiger charge is -2.26. The second kappa shape index (κ2) is 4.48. The predicted molar refractivity (Wildman–Crippen MR) is 59.6 cm³/mol. The Morgan fingerprint density at radius 3 is 2.94 bits per heavy atom. The first kappa shape index (κ1) is 10.9. The molecule has 0 aromatic carbocycles. The maximum Gasteiger partial charge on any atom is 0.239 e. The van der Waals surface area contributed by atoms with Crippen molar-refractivity contribution in [2.24, 2.45) is 0 Å². The van der Waals surface area contributed by atoms with Gasteiger partial charge in [0.2, 0.25) is 23.1 Å². The molecule has 2 heterocycles. The van der Waals surface area contributed by atoms with Gasteiger partial charge in [0.25, 0.3) is 0 Å². The number of hydrogen-bond acceptors (Lipinski definition) is 6. The second-order valence-corrected chi connectivity index (χ2v) is 3.59. The van der Waals surface area contributed by atoms with Crippen LogP contribution in [0.15, 0.2) is 0 Å². The van der Waals surface area contributed by atoms with E-state index in [1.165, 1.54) is 0 Å². The van der Waals surface area contributed by atoms with Crippen LogP contribution >= 0.6 is 11.6 Å². The lowest BCUT2D eigenvalue weighted by molar-refractivity contribution is -0.120. The van der Waals surface area contributed by atoms with Gasteiger partial charge in [-0.1, -0.05) is 0 Å². The average Bonchev–Trinajstić information content (AvgIpc) is 2.28. The lowest BCUT2D eigenvalue weighted by Crippen LogP contribution is -2.48. The number of rotatable bonds is 2. The Balaban J connectivity index is 2.24. The summed E-state index contributed by atoms with van der Waals surface area (Å²) in [6.07, 6.45) is 0. The molecule has 0 bridgehead atoms. The van der Waals surface area contributed by atoms with Crippen molar-refractivity contribution in [1.82, 2.24) is 20.3 Å². The van der Waals surface area contributed by atoms with Crippen LogP contribution < -0.4 is 15.5 Å². The fourth-order valence-electron chi connectivity index (χ4n) is 1.40. The highest BCUT2D eigenvalue weighted by Crippen LogP contribution is 2.13. The van der Waals surface area contributed by atoms with Crippen LogP contribution in [0, 0.1) is 0 Å². The van der Waals surface area contributed by atoms with Gasteiger partial charge in [-0.2, -0.15) is 15.0 Å². The molecule has 1 aliphatic heterocycles. The highest BCUT2D eigenvalue weighted by atomic mass is 35.5. The van der Waals surface area contributed by atoms with Crippen molar-refractivity contribution < 1.29 is 4.79 Å². The Hall–Kier alpha value is -1.63. The summed E-state index contributed by atoms with van der Waals surface area (Å²) >= 11 is 5.75. The van der Waals surface area contributed by atoms with E-state index in [9.17, 15) is 4.79 Å². The highest BCUT2D eigenvalue weighted by Gasteiger charge is 2.19. The number of nitrogens with zero attached hydrogens (tertiary/aromatic N) is 4. The molecule has 16 heavy (non-hydrogen) atoms. The van der Waals surface area contributed by atoms with Gasteiger partial charge >= 0.3 is 0 Å². The number of halogens is 1. The molecule has 1 saturated heterocycles. The Labute approximate surface area is 97.2 Å². The standard InChI is InChI=1S/C8H11ClN6O/c1-10-7-12-6(9)13-8(14-7)15-3-2-11-5(16)4-15/h2-4H2,1H3,(H,11,16)(H,10,12,13,14). The van der Waals surface area contributed by atoms with Crippen LogP contribution in [0.3, 0.4) is 0 Å². The molecule has 1 fully saturated rings. The van der Waals surface area contributed by atoms with Crippen LogP contribution in [0.1, 0.15) is 0 Å². The first-order valence-corrected chi connectivity index (χ1v) is 5.18. The smallest absolute Gasteiger partial charge is 0.239 e. The molecule has 0 radical (unpaired) electrons. The SMILES string of the molecule is CNc1nc(Cl)nc(N2CCNC(=O)C2)n1. The molecule has 0 unspecified atom stereocenters. The summed E-state index contributed by atoms with van der Waals surface area (Å²) in [6, 6.07) is 0. The molecule has 86 valence electrons. The summed E-state index contributed by atoms with van der Waals surface area (Å²) in [7, 11) is 1.69. The zero-order valence-corrected chi connectivity index (χ0v) is 9.45. The van der Waals surface area contributed by atoms with E-state index in [1.807, 2.05) is 0 Å². The molecular weight excluding hydrogens is 232 g/mol. The van der Waals surface area contributed by atoms with Gasteiger partial charge in [-0.3, -0.25) is 4.79 Å². The van der Waals surface area contributed by atoms with Crippen LogP contribution in [0.4, 0.5) is 11.9 Å². The molecule has 2 N–H and O–H groups in total. The highest BCUT2D eigenvalue weighted by molar-refractivity contribution is 6.28. The maximum absolute atomic E-state index is 11.2. The summed E-state index contributed by atoms with van der Waals surface area (Å²) in [5, 5.41) is 5.62. The topological polar surface area (TPSA) is 83.0 Å². The first-order valence-electron chi connectivity index (χ1n) is 4.80. The fourth-order valence-corrected chi connectivity index (χ4v) is 1.56. The quantitative estimate of drug-likeness (QED) is 0.728. The molecule has 0 atom stereocenters. The van der Waals surface area contributed by atoms with Crippen molar-refractivity contribution in [3.05, 3.63) is 5.28 Å². The van der Waals surface area contributed by atoms with Crippen LogP contribution in [-0.2, 0) is 4.79 Å². The zero-order chi connectivity index (χ0) is 11.5. The third-order valence-electron chi connectivity index (χ3n) is 2.14. The van der Waals surface area contributed by atoms with E-state index >= 15 is 0 Å². The largest absolute Gasteiger partial charge is 0.357 e. The monoisotopic (exact) mass is 242 g/mol. The fraction of sp³-hybridized carbons (Fsp3) is 0.500. The maximum atomic E-state index is 11.2. The van der Waals surface area contributed by atoms with Gasteiger partial charge < -0.3 is 15.5 Å². The van der Waals surface area contributed by atoms with Crippen LogP contribution in [0.25, 0.3) is 0 Å². The van der Waals surface area contributed by atoms with Gasteiger partial charge in [0.05, 0.1) is 6.54 Å². The summed E-state index contributed by atoms with van der Waals surface area (Å²) in [4.78, 5) is 25.0. The van der Waals surface area contributed by atoms with E-state index in [-0.39, 0.29) is 17.7 Å². The number of piperazine rings is 1. The van der Waals surface area contributed by atoms with Crippen LogP contribution in [0.5, 0.6) is 0 Å². The molecule has 8 heteroatoms. The van der Waals surface area contributed by atoms with Gasteiger partial charge in [-0.05, 0) is 11.6 Å². The summed E-state index contributed by atoms with van der Waals surface area (Å²) < 4.78 is 0. The average molecular weight is 243 g/mol. The number of hydrogen-bond donors (Lipinski definition) is 2. The molecule has 0 aliphatic carbocycles. The Bertz CT molecular complexity index is 412. The summed E-state index contributed by atoms with van der Waals surface area (Å²) in [6.45, 7) is 1.48. The second-order valence-electron chi connectivity index (χ2n) is 3.25. The number of nitrogens with one attached hydrogen (secondary N) is 2. The number of amides is 1. The molecule has 0 saturated carbocycles. The number of carbonyl (C=O) groups excluding carboxylic acids is 1. The van der Waals surface area contributed by atoms with Crippen molar-refractivity contribution >= 4 is 29.4 Å². The lowest BCUT2D eigenvalue weighted by atomic mass is 10.4. The third-order valence-corrected chi connectivity index (χ3v) is 2.31. The van der Waals surface area contributed by atoms with E-state index in [0.717, 1.165) is 0 Å². The molecule has 0 spiro atoms. The molecule has 2 rings (SSSR count). The summed E-state index contributed by atoms with van der Waals surface area (Å²) in [5.74, 6) is 0.758. The van der Waals surface area contributed by atoms with Crippen molar-refractivity contribution in [2.75, 3.05) is 36.9 Å². The Morgan fingerprint density at radius 1 is 1.44 bits per heavy atom. The normalized spacial score (nSPS) is 15.9. The number of carbonyl (C=O) groups is 1. The Kier molecular flexibility index (Phi) is 3.04. The number of aromatic nitrogens is 3. The van der Waals surface area contributed by atoms with Crippen LogP contribution in [0.2, 0.25) is 5.28 Å². The van der Waals surface area contributed by atoms with E-state index in [2.05, 4.69) is 25.6 Å². The van der Waals surface area contributed by atoms with Gasteiger partial charge in [-0.25, -0.2) is 0 Å². The van der Waals surface area contributed by atoms with Crippen LogP contribution in [-0.4, -0.2) is 47.5 Å². The summed E-state index contributed by atoms with van der Waals surface area (Å²) in [5.41, 5.74) is 0. The minimum Gasteiger partial charge on any atom is -0.357 e. The first-order chi connectivity index (χ1) is 7.69. The van der Waals surface area contributed by atoms with E-state index in [0.29, 0.717) is 25.0 Å². The van der Waals surface area contributed by atoms with Gasteiger partial charge in [0.15, 0.2) is 0 Å². The number of anilines is 2. The van der Waals surface area contributed by atoms with Crippen molar-refractivity contribution in [3.8, 4) is 0 Å². The van der Waals surface area contributed by atoms with E-state index in [1.54, 1.807) is 11.9 Å². The minimum absolute atomic E-state index is 0.0474. The van der Waals surface area contributed by atoms with Gasteiger partial charge in [-0.15, -0.1) is 0 Å². The zero-order valence-electron chi connectivity index (χ0n) is 8.70. The van der Waals surface area contributed by atoms with Crippen molar-refractivity contribution in [1.29, 1.82) is 0 Å². The van der Waals surface area contributed by atoms with E-state index < -0.39 is 0 Å². The molecule has 1 aliphatic rings. The van der Waals surface area contributed by atoms with Crippen molar-refractivity contribution in [3.63, 3.8) is 0 Å². The van der Waals surface area contributed by atoms with Gasteiger partial charge in [0.1, 0.15) is 0 Å². The molecule has 7 nitrogen and oxygen atoms in total. The Morgan fingerprint density at radius 2 is 2.25 bits per heavy atom. The van der Waals surface area contributed by atoms with E-state index in [4.69, 9.17) is 11.6 Å².